The number of hydrogen-bond acceptors (Lipinski definition) is 2. The summed E-state index contributed by atoms with van der Waals surface area (Å²) in [4.78, 5) is 12.4. The molecule has 0 fully saturated rings. The number of carbonyl (C=O) groups excluding carboxylic acids is 1. The molecule has 0 bridgehead atoms. The highest BCUT2D eigenvalue weighted by molar-refractivity contribution is 5.81. The molecule has 2 rings (SSSR count). The minimum atomic E-state index is -0.445. The number of aryl methyl sites for hydroxylation is 3. The van der Waals surface area contributed by atoms with Crippen molar-refractivity contribution in [3.8, 4) is 5.75 Å². The summed E-state index contributed by atoms with van der Waals surface area (Å²) >= 11 is 0. The molecule has 134 valence electrons. The minimum absolute atomic E-state index is 0.0349. The summed E-state index contributed by atoms with van der Waals surface area (Å²) in [7, 11) is 0. The van der Waals surface area contributed by atoms with Gasteiger partial charge >= 0.3 is 0 Å². The average Bonchev–Trinajstić information content (AvgIpc) is 2.61. The van der Waals surface area contributed by atoms with Crippen molar-refractivity contribution in [1.82, 2.24) is 5.32 Å². The lowest BCUT2D eigenvalue weighted by atomic mass is 10.1. The summed E-state index contributed by atoms with van der Waals surface area (Å²) in [5, 5.41) is 3.01. The van der Waals surface area contributed by atoms with Gasteiger partial charge in [-0.25, -0.2) is 0 Å². The van der Waals surface area contributed by atoms with Gasteiger partial charge in [-0.15, -0.1) is 0 Å². The van der Waals surface area contributed by atoms with Gasteiger partial charge in [-0.2, -0.15) is 0 Å². The first kappa shape index (κ1) is 19.0. The Labute approximate surface area is 151 Å². The molecule has 2 aromatic rings. The Hall–Kier alpha value is -2.29. The normalized spacial score (nSPS) is 11.8. The molecule has 0 saturated heterocycles. The Balaban J connectivity index is 1.81. The molecule has 0 spiro atoms. The molecule has 0 aliphatic rings. The van der Waals surface area contributed by atoms with Gasteiger partial charge < -0.3 is 10.1 Å². The largest absolute Gasteiger partial charge is 0.480 e. The Kier molecular flexibility index (Phi) is 7.05. The smallest absolute Gasteiger partial charge is 0.261 e. The number of hydrogen-bond donors (Lipinski definition) is 1. The van der Waals surface area contributed by atoms with E-state index in [1.165, 1.54) is 16.7 Å². The van der Waals surface area contributed by atoms with Crippen LogP contribution in [0.15, 0.2) is 42.5 Å². The number of nitrogens with one attached hydrogen (secondary N) is 1. The van der Waals surface area contributed by atoms with E-state index in [-0.39, 0.29) is 5.91 Å². The van der Waals surface area contributed by atoms with Crippen molar-refractivity contribution in [2.75, 3.05) is 6.54 Å². The second kappa shape index (κ2) is 9.26. The molecule has 3 nitrogen and oxygen atoms in total. The van der Waals surface area contributed by atoms with E-state index in [2.05, 4.69) is 36.5 Å². The van der Waals surface area contributed by atoms with Gasteiger partial charge in [0.1, 0.15) is 5.75 Å². The molecule has 0 aliphatic heterocycles. The first-order valence-electron chi connectivity index (χ1n) is 9.07. The third kappa shape index (κ3) is 5.63. The molecule has 0 radical (unpaired) electrons. The summed E-state index contributed by atoms with van der Waals surface area (Å²) < 4.78 is 5.95. The Morgan fingerprint density at radius 1 is 1.08 bits per heavy atom. The van der Waals surface area contributed by atoms with Gasteiger partial charge in [0.25, 0.3) is 5.91 Å². The number of carbonyl (C=O) groups is 1. The summed E-state index contributed by atoms with van der Waals surface area (Å²) in [5.41, 5.74) is 4.84. The van der Waals surface area contributed by atoms with Gasteiger partial charge in [0, 0.05) is 6.54 Å². The summed E-state index contributed by atoms with van der Waals surface area (Å²) in [6.45, 7) is 8.80. The van der Waals surface area contributed by atoms with E-state index in [1.807, 2.05) is 39.0 Å². The monoisotopic (exact) mass is 339 g/mol. The van der Waals surface area contributed by atoms with E-state index in [9.17, 15) is 4.79 Å². The molecule has 0 saturated carbocycles. The van der Waals surface area contributed by atoms with Crippen LogP contribution in [0.4, 0.5) is 0 Å². The number of rotatable bonds is 8. The van der Waals surface area contributed by atoms with Crippen molar-refractivity contribution in [3.05, 3.63) is 64.7 Å². The predicted octanol–water partition coefficient (Wildman–Crippen LogP) is 4.52. The van der Waals surface area contributed by atoms with Gasteiger partial charge in [-0.05, 0) is 62.8 Å². The topological polar surface area (TPSA) is 38.3 Å². The summed E-state index contributed by atoms with van der Waals surface area (Å²) in [6, 6.07) is 14.5. The standard InChI is InChI=1S/C22H29NO2/c1-5-20(25-21-10-6-8-17(3)18(21)4)22(24)23-15-7-9-19-13-11-16(2)12-14-19/h6,8,10-14,20H,5,7,9,15H2,1-4H3,(H,23,24)/t20-/m1/s1. The lowest BCUT2D eigenvalue weighted by molar-refractivity contribution is -0.128. The quantitative estimate of drug-likeness (QED) is 0.718. The SMILES string of the molecule is CC[C@@H](Oc1cccc(C)c1C)C(=O)NCCCc1ccc(C)cc1. The van der Waals surface area contributed by atoms with Crippen LogP contribution < -0.4 is 10.1 Å². The summed E-state index contributed by atoms with van der Waals surface area (Å²) in [6.07, 6.45) is 2.10. The minimum Gasteiger partial charge on any atom is -0.480 e. The Bertz CT molecular complexity index is 692. The molecule has 0 heterocycles. The van der Waals surface area contributed by atoms with Gasteiger partial charge in [0.05, 0.1) is 0 Å². The lowest BCUT2D eigenvalue weighted by Gasteiger charge is -2.19. The molecular weight excluding hydrogens is 310 g/mol. The third-order valence-electron chi connectivity index (χ3n) is 4.55. The lowest BCUT2D eigenvalue weighted by Crippen LogP contribution is -2.38. The molecule has 3 heteroatoms. The fourth-order valence-corrected chi connectivity index (χ4v) is 2.70. The maximum absolute atomic E-state index is 12.4. The number of benzene rings is 2. The Morgan fingerprint density at radius 2 is 1.80 bits per heavy atom. The highest BCUT2D eigenvalue weighted by atomic mass is 16.5. The predicted molar refractivity (Wildman–Crippen MR) is 103 cm³/mol. The first-order valence-corrected chi connectivity index (χ1v) is 9.07. The van der Waals surface area contributed by atoms with Crippen LogP contribution in [0.25, 0.3) is 0 Å². The van der Waals surface area contributed by atoms with E-state index in [1.54, 1.807) is 0 Å². The van der Waals surface area contributed by atoms with Gasteiger partial charge in [0.2, 0.25) is 0 Å². The van der Waals surface area contributed by atoms with Crippen LogP contribution in [0, 0.1) is 20.8 Å². The Morgan fingerprint density at radius 3 is 2.48 bits per heavy atom. The molecule has 1 atom stereocenters. The van der Waals surface area contributed by atoms with Crippen molar-refractivity contribution in [2.24, 2.45) is 0 Å². The molecule has 0 aliphatic carbocycles. The zero-order valence-electron chi connectivity index (χ0n) is 15.8. The maximum atomic E-state index is 12.4. The van der Waals surface area contributed by atoms with Crippen LogP contribution in [-0.2, 0) is 11.2 Å². The molecular formula is C22H29NO2. The van der Waals surface area contributed by atoms with Crippen molar-refractivity contribution in [3.63, 3.8) is 0 Å². The van der Waals surface area contributed by atoms with Crippen LogP contribution >= 0.6 is 0 Å². The van der Waals surface area contributed by atoms with Crippen LogP contribution in [0.5, 0.6) is 5.75 Å². The van der Waals surface area contributed by atoms with Gasteiger partial charge in [0.15, 0.2) is 6.10 Å². The van der Waals surface area contributed by atoms with Gasteiger partial charge in [-0.1, -0.05) is 48.9 Å². The summed E-state index contributed by atoms with van der Waals surface area (Å²) in [5.74, 6) is 0.758. The second-order valence-electron chi connectivity index (χ2n) is 6.59. The fraction of sp³-hybridized carbons (Fsp3) is 0.409. The van der Waals surface area contributed by atoms with E-state index in [4.69, 9.17) is 4.74 Å². The van der Waals surface area contributed by atoms with Crippen LogP contribution in [0.2, 0.25) is 0 Å². The van der Waals surface area contributed by atoms with Crippen molar-refractivity contribution < 1.29 is 9.53 Å². The highest BCUT2D eigenvalue weighted by Gasteiger charge is 2.18. The zero-order valence-corrected chi connectivity index (χ0v) is 15.8. The molecule has 0 unspecified atom stereocenters. The molecule has 1 N–H and O–H groups in total. The van der Waals surface area contributed by atoms with Crippen LogP contribution in [-0.4, -0.2) is 18.6 Å². The number of amides is 1. The van der Waals surface area contributed by atoms with E-state index < -0.39 is 6.10 Å². The van der Waals surface area contributed by atoms with E-state index in [0.717, 1.165) is 24.2 Å². The maximum Gasteiger partial charge on any atom is 0.261 e. The average molecular weight is 339 g/mol. The zero-order chi connectivity index (χ0) is 18.2. The second-order valence-corrected chi connectivity index (χ2v) is 6.59. The number of ether oxygens (including phenoxy) is 1. The van der Waals surface area contributed by atoms with Crippen LogP contribution in [0.1, 0.15) is 42.0 Å². The van der Waals surface area contributed by atoms with Crippen molar-refractivity contribution in [2.45, 2.75) is 53.1 Å². The van der Waals surface area contributed by atoms with E-state index in [0.29, 0.717) is 13.0 Å². The molecule has 25 heavy (non-hydrogen) atoms. The highest BCUT2D eigenvalue weighted by Crippen LogP contribution is 2.22. The van der Waals surface area contributed by atoms with E-state index >= 15 is 0 Å². The van der Waals surface area contributed by atoms with Gasteiger partial charge in [-0.3, -0.25) is 4.79 Å². The molecule has 1 amide bonds. The molecule has 2 aromatic carbocycles. The fourth-order valence-electron chi connectivity index (χ4n) is 2.70. The molecule has 0 aromatic heterocycles. The van der Waals surface area contributed by atoms with Crippen molar-refractivity contribution >= 4 is 5.91 Å². The van der Waals surface area contributed by atoms with Crippen LogP contribution in [0.3, 0.4) is 0 Å². The van der Waals surface area contributed by atoms with Crippen molar-refractivity contribution in [1.29, 1.82) is 0 Å². The first-order chi connectivity index (χ1) is 12.0. The third-order valence-corrected chi connectivity index (χ3v) is 4.55.